The van der Waals surface area contributed by atoms with E-state index in [4.69, 9.17) is 16.3 Å². The second kappa shape index (κ2) is 6.79. The Bertz CT molecular complexity index is 646. The van der Waals surface area contributed by atoms with Crippen LogP contribution in [0.3, 0.4) is 0 Å². The SMILES string of the molecule is COc1ccc(Nc2nncc(NC3CCCC3)n2)cc1Cl. The normalized spacial score (nSPS) is 14.8. The zero-order chi connectivity index (χ0) is 15.4. The molecule has 1 aromatic carbocycles. The lowest BCUT2D eigenvalue weighted by Gasteiger charge is -2.13. The molecule has 2 N–H and O–H groups in total. The van der Waals surface area contributed by atoms with E-state index in [2.05, 4.69) is 25.8 Å². The molecule has 0 bridgehead atoms. The molecular weight excluding hydrogens is 302 g/mol. The smallest absolute Gasteiger partial charge is 0.249 e. The fraction of sp³-hybridized carbons (Fsp3) is 0.400. The predicted molar refractivity (Wildman–Crippen MR) is 87.0 cm³/mol. The summed E-state index contributed by atoms with van der Waals surface area (Å²) in [6.45, 7) is 0. The van der Waals surface area contributed by atoms with Crippen LogP contribution in [-0.2, 0) is 0 Å². The van der Waals surface area contributed by atoms with E-state index in [0.717, 1.165) is 11.5 Å². The minimum Gasteiger partial charge on any atom is -0.495 e. The number of benzene rings is 1. The summed E-state index contributed by atoms with van der Waals surface area (Å²) in [5.41, 5.74) is 0.783. The van der Waals surface area contributed by atoms with E-state index in [1.54, 1.807) is 25.4 Å². The lowest BCUT2D eigenvalue weighted by molar-refractivity contribution is 0.415. The first kappa shape index (κ1) is 14.8. The number of hydrogen-bond acceptors (Lipinski definition) is 6. The maximum absolute atomic E-state index is 6.11. The Morgan fingerprint density at radius 3 is 2.82 bits per heavy atom. The zero-order valence-electron chi connectivity index (χ0n) is 12.3. The number of aromatic nitrogens is 3. The van der Waals surface area contributed by atoms with Crippen LogP contribution >= 0.6 is 11.6 Å². The van der Waals surface area contributed by atoms with E-state index in [1.165, 1.54) is 25.7 Å². The van der Waals surface area contributed by atoms with Crippen LogP contribution in [0.5, 0.6) is 5.75 Å². The fourth-order valence-corrected chi connectivity index (χ4v) is 2.84. The predicted octanol–water partition coefficient (Wildman–Crippen LogP) is 3.63. The maximum Gasteiger partial charge on any atom is 0.249 e. The Kier molecular flexibility index (Phi) is 4.58. The van der Waals surface area contributed by atoms with Gasteiger partial charge in [0, 0.05) is 11.7 Å². The molecule has 0 radical (unpaired) electrons. The number of nitrogens with zero attached hydrogens (tertiary/aromatic N) is 3. The molecule has 3 rings (SSSR count). The molecule has 0 unspecified atom stereocenters. The number of hydrogen-bond donors (Lipinski definition) is 2. The van der Waals surface area contributed by atoms with E-state index in [0.29, 0.717) is 22.8 Å². The molecule has 1 aliphatic rings. The number of rotatable bonds is 5. The fourth-order valence-electron chi connectivity index (χ4n) is 2.58. The monoisotopic (exact) mass is 319 g/mol. The van der Waals surface area contributed by atoms with Gasteiger partial charge in [-0.3, -0.25) is 0 Å². The minimum atomic E-state index is 0.434. The van der Waals surface area contributed by atoms with Crippen LogP contribution in [0.15, 0.2) is 24.4 Å². The van der Waals surface area contributed by atoms with Crippen LogP contribution in [-0.4, -0.2) is 28.3 Å². The van der Waals surface area contributed by atoms with Crippen molar-refractivity contribution >= 4 is 29.1 Å². The van der Waals surface area contributed by atoms with Gasteiger partial charge in [0.1, 0.15) is 5.75 Å². The highest BCUT2D eigenvalue weighted by Crippen LogP contribution is 2.28. The summed E-state index contributed by atoms with van der Waals surface area (Å²) in [6.07, 6.45) is 6.55. The highest BCUT2D eigenvalue weighted by atomic mass is 35.5. The summed E-state index contributed by atoms with van der Waals surface area (Å²) in [5, 5.41) is 15.0. The summed E-state index contributed by atoms with van der Waals surface area (Å²) in [6, 6.07) is 5.89. The Hall–Kier alpha value is -2.08. The maximum atomic E-state index is 6.11. The van der Waals surface area contributed by atoms with Gasteiger partial charge in [-0.25, -0.2) is 0 Å². The largest absolute Gasteiger partial charge is 0.495 e. The third kappa shape index (κ3) is 3.57. The van der Waals surface area contributed by atoms with Crippen molar-refractivity contribution in [1.29, 1.82) is 0 Å². The number of methoxy groups -OCH3 is 1. The summed E-state index contributed by atoms with van der Waals surface area (Å²) in [7, 11) is 1.58. The van der Waals surface area contributed by atoms with Crippen LogP contribution in [0.1, 0.15) is 25.7 Å². The topological polar surface area (TPSA) is 72.0 Å². The van der Waals surface area contributed by atoms with Gasteiger partial charge in [0.15, 0.2) is 5.82 Å². The van der Waals surface area contributed by atoms with Crippen molar-refractivity contribution in [3.05, 3.63) is 29.4 Å². The highest BCUT2D eigenvalue weighted by molar-refractivity contribution is 6.32. The van der Waals surface area contributed by atoms with Gasteiger partial charge in [0.25, 0.3) is 0 Å². The lowest BCUT2D eigenvalue weighted by atomic mass is 10.2. The van der Waals surface area contributed by atoms with Crippen molar-refractivity contribution in [3.63, 3.8) is 0 Å². The Labute approximate surface area is 134 Å². The van der Waals surface area contributed by atoms with Gasteiger partial charge in [0.05, 0.1) is 18.3 Å². The third-order valence-electron chi connectivity index (χ3n) is 3.67. The molecule has 1 fully saturated rings. The number of nitrogens with one attached hydrogen (secondary N) is 2. The average molecular weight is 320 g/mol. The molecule has 1 aromatic heterocycles. The Morgan fingerprint density at radius 2 is 2.09 bits per heavy atom. The van der Waals surface area contributed by atoms with Crippen LogP contribution in [0, 0.1) is 0 Å². The zero-order valence-corrected chi connectivity index (χ0v) is 13.1. The van der Waals surface area contributed by atoms with Crippen LogP contribution in [0.25, 0.3) is 0 Å². The molecule has 116 valence electrons. The molecule has 2 aromatic rings. The molecule has 0 aliphatic heterocycles. The first-order chi connectivity index (χ1) is 10.7. The standard InChI is InChI=1S/C15H18ClN5O/c1-22-13-7-6-11(8-12(13)16)19-15-20-14(9-17-21-15)18-10-4-2-3-5-10/h6-10H,2-5H2,1H3,(H2,18,19,20,21). The molecule has 1 heterocycles. The Morgan fingerprint density at radius 1 is 1.27 bits per heavy atom. The van der Waals surface area contributed by atoms with Gasteiger partial charge >= 0.3 is 0 Å². The van der Waals surface area contributed by atoms with Gasteiger partial charge in [-0.2, -0.15) is 10.1 Å². The minimum absolute atomic E-state index is 0.434. The molecular formula is C15H18ClN5O. The van der Waals surface area contributed by atoms with E-state index in [1.807, 2.05) is 6.07 Å². The van der Waals surface area contributed by atoms with Gasteiger partial charge in [-0.15, -0.1) is 5.10 Å². The van der Waals surface area contributed by atoms with Crippen LogP contribution in [0.4, 0.5) is 17.5 Å². The number of halogens is 1. The van der Waals surface area contributed by atoms with Crippen molar-refractivity contribution in [3.8, 4) is 5.75 Å². The van der Waals surface area contributed by atoms with E-state index in [9.17, 15) is 0 Å². The molecule has 0 amide bonds. The second-order valence-corrected chi connectivity index (χ2v) is 5.67. The molecule has 0 spiro atoms. The molecule has 6 nitrogen and oxygen atoms in total. The first-order valence-electron chi connectivity index (χ1n) is 7.31. The summed E-state index contributed by atoms with van der Waals surface area (Å²) < 4.78 is 5.13. The summed E-state index contributed by atoms with van der Waals surface area (Å²) in [5.74, 6) is 1.80. The highest BCUT2D eigenvalue weighted by Gasteiger charge is 2.15. The summed E-state index contributed by atoms with van der Waals surface area (Å²) >= 11 is 6.11. The van der Waals surface area contributed by atoms with Gasteiger partial charge in [-0.05, 0) is 31.0 Å². The second-order valence-electron chi connectivity index (χ2n) is 5.27. The molecule has 0 saturated heterocycles. The molecule has 0 atom stereocenters. The lowest BCUT2D eigenvalue weighted by Crippen LogP contribution is -2.16. The van der Waals surface area contributed by atoms with E-state index >= 15 is 0 Å². The van der Waals surface area contributed by atoms with Gasteiger partial charge < -0.3 is 15.4 Å². The van der Waals surface area contributed by atoms with Gasteiger partial charge in [-0.1, -0.05) is 24.4 Å². The first-order valence-corrected chi connectivity index (χ1v) is 7.69. The van der Waals surface area contributed by atoms with Crippen molar-refractivity contribution in [2.45, 2.75) is 31.7 Å². The van der Waals surface area contributed by atoms with E-state index < -0.39 is 0 Å². The van der Waals surface area contributed by atoms with Crippen LogP contribution < -0.4 is 15.4 Å². The van der Waals surface area contributed by atoms with Crippen molar-refractivity contribution in [1.82, 2.24) is 15.2 Å². The number of ether oxygens (including phenoxy) is 1. The van der Waals surface area contributed by atoms with E-state index in [-0.39, 0.29) is 0 Å². The van der Waals surface area contributed by atoms with Gasteiger partial charge in [0.2, 0.25) is 5.95 Å². The molecule has 22 heavy (non-hydrogen) atoms. The third-order valence-corrected chi connectivity index (χ3v) is 3.97. The molecule has 1 aliphatic carbocycles. The van der Waals surface area contributed by atoms with Crippen molar-refractivity contribution in [2.75, 3.05) is 17.7 Å². The molecule has 1 saturated carbocycles. The molecule has 7 heteroatoms. The average Bonchev–Trinajstić information content (AvgIpc) is 3.01. The van der Waals surface area contributed by atoms with Crippen molar-refractivity contribution < 1.29 is 4.74 Å². The van der Waals surface area contributed by atoms with Crippen LogP contribution in [0.2, 0.25) is 5.02 Å². The number of anilines is 3. The van der Waals surface area contributed by atoms with Crippen molar-refractivity contribution in [2.24, 2.45) is 0 Å². The quantitative estimate of drug-likeness (QED) is 0.876. The summed E-state index contributed by atoms with van der Waals surface area (Å²) in [4.78, 5) is 4.43. The Balaban J connectivity index is 1.70.